The van der Waals surface area contributed by atoms with E-state index in [0.717, 1.165) is 70.6 Å². The first-order valence-electron chi connectivity index (χ1n) is 12.0. The van der Waals surface area contributed by atoms with E-state index in [2.05, 4.69) is 6.92 Å². The molecule has 2 atom stereocenters. The molecule has 0 aromatic carbocycles. The van der Waals surface area contributed by atoms with Crippen molar-refractivity contribution in [3.63, 3.8) is 0 Å². The zero-order valence-corrected chi connectivity index (χ0v) is 22.5. The van der Waals surface area contributed by atoms with Crippen LogP contribution in [0.4, 0.5) is 0 Å². The Bertz CT molecular complexity index is 429. The smallest absolute Gasteiger partial charge is 0.748 e. The van der Waals surface area contributed by atoms with Gasteiger partial charge >= 0.3 is 29.6 Å². The molecule has 0 fully saturated rings. The Balaban J connectivity index is 0. The molecular weight excluding hydrogens is 395 g/mol. The average Bonchev–Trinajstić information content (AvgIpc) is 2.65. The van der Waals surface area contributed by atoms with Gasteiger partial charge in [-0.1, -0.05) is 110 Å². The zero-order valence-electron chi connectivity index (χ0n) is 19.7. The summed E-state index contributed by atoms with van der Waals surface area (Å²) in [5.74, 6) is 0. The van der Waals surface area contributed by atoms with Gasteiger partial charge in [-0.15, -0.1) is 0 Å². The van der Waals surface area contributed by atoms with E-state index in [9.17, 15) is 18.1 Å². The monoisotopic (exact) mass is 442 g/mol. The molecule has 0 radical (unpaired) electrons. The van der Waals surface area contributed by atoms with Crippen molar-refractivity contribution >= 4 is 10.1 Å². The van der Waals surface area contributed by atoms with E-state index < -0.39 is 15.4 Å². The number of hydrogen-bond acceptors (Lipinski definition) is 4. The second-order valence-corrected chi connectivity index (χ2v) is 10.1. The molecule has 0 rings (SSSR count). The summed E-state index contributed by atoms with van der Waals surface area (Å²) in [6, 6.07) is 0. The van der Waals surface area contributed by atoms with Gasteiger partial charge in [-0.3, -0.25) is 0 Å². The molecule has 29 heavy (non-hydrogen) atoms. The van der Waals surface area contributed by atoms with E-state index in [1.165, 1.54) is 38.5 Å². The molecular formula is C23H47NaO4S. The van der Waals surface area contributed by atoms with Crippen molar-refractivity contribution < 1.29 is 47.6 Å². The van der Waals surface area contributed by atoms with Gasteiger partial charge in [-0.05, 0) is 25.7 Å². The second-order valence-electron chi connectivity index (χ2n) is 8.49. The number of hydrogen-bond donors (Lipinski definition) is 1. The topological polar surface area (TPSA) is 77.4 Å². The first kappa shape index (κ1) is 32.1. The maximum atomic E-state index is 11.5. The molecule has 0 saturated heterocycles. The number of unbranched alkanes of at least 4 members (excludes halogenated alkanes) is 13. The maximum absolute atomic E-state index is 11.5. The van der Waals surface area contributed by atoms with Crippen molar-refractivity contribution in [2.45, 2.75) is 147 Å². The molecule has 1 N–H and O–H groups in total. The van der Waals surface area contributed by atoms with E-state index in [1.54, 1.807) is 0 Å². The molecule has 0 saturated carbocycles. The Kier molecular flexibility index (Phi) is 24.4. The summed E-state index contributed by atoms with van der Waals surface area (Å²) in [4.78, 5) is 0. The van der Waals surface area contributed by atoms with Crippen molar-refractivity contribution in [3.05, 3.63) is 0 Å². The minimum Gasteiger partial charge on any atom is -0.748 e. The third-order valence-electron chi connectivity index (χ3n) is 5.82. The number of aliphatic hydroxyl groups is 1. The molecule has 0 aliphatic carbocycles. The van der Waals surface area contributed by atoms with Gasteiger partial charge in [0.2, 0.25) is 0 Å². The third kappa shape index (κ3) is 21.9. The molecule has 170 valence electrons. The average molecular weight is 443 g/mol. The normalized spacial score (nSPS) is 13.8. The van der Waals surface area contributed by atoms with Crippen LogP contribution in [0.5, 0.6) is 0 Å². The molecule has 0 aromatic rings. The van der Waals surface area contributed by atoms with Crippen LogP contribution in [0.3, 0.4) is 0 Å². The van der Waals surface area contributed by atoms with E-state index in [4.69, 9.17) is 0 Å². The Morgan fingerprint density at radius 1 is 0.655 bits per heavy atom. The van der Waals surface area contributed by atoms with Gasteiger partial charge in [0.25, 0.3) is 0 Å². The minimum atomic E-state index is -4.16. The van der Waals surface area contributed by atoms with E-state index >= 15 is 0 Å². The fourth-order valence-electron chi connectivity index (χ4n) is 3.78. The van der Waals surface area contributed by atoms with Gasteiger partial charge in [0.05, 0.1) is 16.2 Å². The predicted molar refractivity (Wildman–Crippen MR) is 119 cm³/mol. The number of aliphatic hydroxyl groups excluding tert-OH is 1. The van der Waals surface area contributed by atoms with Crippen LogP contribution in [0.1, 0.15) is 136 Å². The summed E-state index contributed by atoms with van der Waals surface area (Å²) in [6.07, 6.45) is 19.7. The maximum Gasteiger partial charge on any atom is 1.00 e. The second kappa shape index (κ2) is 22.1. The van der Waals surface area contributed by atoms with Crippen LogP contribution in [0.15, 0.2) is 0 Å². The van der Waals surface area contributed by atoms with Crippen LogP contribution >= 0.6 is 0 Å². The van der Waals surface area contributed by atoms with Crippen molar-refractivity contribution in [1.29, 1.82) is 0 Å². The van der Waals surface area contributed by atoms with Crippen molar-refractivity contribution in [2.75, 3.05) is 0 Å². The molecule has 0 bridgehead atoms. The largest absolute Gasteiger partial charge is 1.00 e. The van der Waals surface area contributed by atoms with Crippen LogP contribution in [-0.2, 0) is 10.1 Å². The van der Waals surface area contributed by atoms with Crippen LogP contribution in [0.25, 0.3) is 0 Å². The molecule has 0 aromatic heterocycles. The van der Waals surface area contributed by atoms with E-state index in [1.807, 2.05) is 6.92 Å². The van der Waals surface area contributed by atoms with Crippen molar-refractivity contribution in [3.8, 4) is 0 Å². The summed E-state index contributed by atoms with van der Waals surface area (Å²) < 4.78 is 34.5. The summed E-state index contributed by atoms with van der Waals surface area (Å²) in [5.41, 5.74) is 0. The molecule has 0 heterocycles. The SMILES string of the molecule is CCCCCCCCCCC(CCCCCCCCCC(O)CC)S(=O)(=O)[O-].[Na+]. The van der Waals surface area contributed by atoms with Crippen molar-refractivity contribution in [2.24, 2.45) is 0 Å². The molecule has 4 nitrogen and oxygen atoms in total. The van der Waals surface area contributed by atoms with E-state index in [0.29, 0.717) is 12.8 Å². The van der Waals surface area contributed by atoms with Gasteiger partial charge in [0.1, 0.15) is 0 Å². The molecule has 2 unspecified atom stereocenters. The van der Waals surface area contributed by atoms with Crippen LogP contribution < -0.4 is 29.6 Å². The number of rotatable bonds is 21. The van der Waals surface area contributed by atoms with Crippen molar-refractivity contribution in [1.82, 2.24) is 0 Å². The third-order valence-corrected chi connectivity index (χ3v) is 7.11. The van der Waals surface area contributed by atoms with Crippen LogP contribution in [0, 0.1) is 0 Å². The van der Waals surface area contributed by atoms with Gasteiger partial charge in [0.15, 0.2) is 0 Å². The molecule has 0 aliphatic rings. The predicted octanol–water partition coefficient (Wildman–Crippen LogP) is 3.72. The molecule has 0 amide bonds. The van der Waals surface area contributed by atoms with Gasteiger partial charge in [-0.2, -0.15) is 0 Å². The summed E-state index contributed by atoms with van der Waals surface area (Å²) >= 11 is 0. The summed E-state index contributed by atoms with van der Waals surface area (Å²) in [7, 11) is -4.16. The van der Waals surface area contributed by atoms with Gasteiger partial charge in [0, 0.05) is 5.25 Å². The Labute approximate surface area is 204 Å². The molecule has 0 spiro atoms. The fourth-order valence-corrected chi connectivity index (χ4v) is 4.69. The first-order valence-corrected chi connectivity index (χ1v) is 13.5. The molecule has 6 heteroatoms. The zero-order chi connectivity index (χ0) is 21.1. The van der Waals surface area contributed by atoms with Gasteiger partial charge < -0.3 is 9.66 Å². The van der Waals surface area contributed by atoms with Crippen LogP contribution in [0.2, 0.25) is 0 Å². The molecule has 0 aliphatic heterocycles. The minimum absolute atomic E-state index is 0. The fraction of sp³-hybridized carbons (Fsp3) is 1.00. The quantitative estimate of drug-likeness (QED) is 0.167. The first-order chi connectivity index (χ1) is 13.4. The summed E-state index contributed by atoms with van der Waals surface area (Å²) in [6.45, 7) is 4.22. The van der Waals surface area contributed by atoms with Gasteiger partial charge in [-0.25, -0.2) is 8.42 Å². The van der Waals surface area contributed by atoms with E-state index in [-0.39, 0.29) is 35.7 Å². The summed E-state index contributed by atoms with van der Waals surface area (Å²) in [5, 5.41) is 8.83. The van der Waals surface area contributed by atoms with Crippen LogP contribution in [-0.4, -0.2) is 29.4 Å². The Morgan fingerprint density at radius 2 is 1.00 bits per heavy atom. The standard InChI is InChI=1S/C23H48O4S.Na/c1-3-5-6-7-8-11-14-17-20-23(28(25,26)27)21-18-15-12-9-10-13-16-19-22(24)4-2;/h22-24H,3-21H2,1-2H3,(H,25,26,27);/q;+1/p-1. The Morgan fingerprint density at radius 3 is 1.34 bits per heavy atom. The Hall–Kier alpha value is 0.870.